The van der Waals surface area contributed by atoms with Crippen LogP contribution in [0.15, 0.2) is 54.6 Å². The predicted molar refractivity (Wildman–Crippen MR) is 121 cm³/mol. The second-order valence-corrected chi connectivity index (χ2v) is 7.39. The number of hydrogen-bond donors (Lipinski definition) is 1. The van der Waals surface area contributed by atoms with Crippen LogP contribution >= 0.6 is 0 Å². The first-order valence-electron chi connectivity index (χ1n) is 10.4. The van der Waals surface area contributed by atoms with Crippen LogP contribution in [0.3, 0.4) is 0 Å². The van der Waals surface area contributed by atoms with Crippen molar-refractivity contribution in [3.8, 4) is 11.5 Å². The van der Waals surface area contributed by atoms with Crippen molar-refractivity contribution in [2.75, 3.05) is 39.2 Å². The number of morpholine rings is 1. The standard InChI is InChI=1S/C24H26N4O4/c1-16-7-4-11-21(25-16)27-22-12-5-8-17(26-22)20-15-28(13-14-32-20)24(29)23-18(30-2)9-6-10-19(23)31-3/h4-12,20H,13-15H2,1-3H3,(H,25,26,27)/t20-/m0/s1. The van der Waals surface area contributed by atoms with Crippen molar-refractivity contribution >= 4 is 17.5 Å². The number of aromatic nitrogens is 2. The second-order valence-electron chi connectivity index (χ2n) is 7.39. The summed E-state index contributed by atoms with van der Waals surface area (Å²) in [5.74, 6) is 2.18. The molecule has 3 heterocycles. The Bertz CT molecular complexity index is 1080. The molecule has 2 aromatic heterocycles. The number of aryl methyl sites for hydroxylation is 1. The smallest absolute Gasteiger partial charge is 0.261 e. The lowest BCUT2D eigenvalue weighted by molar-refractivity contribution is -0.0248. The maximum Gasteiger partial charge on any atom is 0.261 e. The van der Waals surface area contributed by atoms with Gasteiger partial charge in [-0.2, -0.15) is 0 Å². The highest BCUT2D eigenvalue weighted by Crippen LogP contribution is 2.31. The fraction of sp³-hybridized carbons (Fsp3) is 0.292. The Hall–Kier alpha value is -3.65. The molecule has 166 valence electrons. The SMILES string of the molecule is COc1cccc(OC)c1C(=O)N1CCO[C@H](c2cccc(Nc3cccc(C)n3)n2)C1. The van der Waals surface area contributed by atoms with E-state index in [1.165, 1.54) is 0 Å². The molecular weight excluding hydrogens is 408 g/mol. The van der Waals surface area contributed by atoms with E-state index in [-0.39, 0.29) is 12.0 Å². The van der Waals surface area contributed by atoms with Gasteiger partial charge in [-0.05, 0) is 43.3 Å². The fourth-order valence-electron chi connectivity index (χ4n) is 3.68. The summed E-state index contributed by atoms with van der Waals surface area (Å²) in [5, 5.41) is 3.22. The molecule has 0 radical (unpaired) electrons. The largest absolute Gasteiger partial charge is 0.496 e. The topological polar surface area (TPSA) is 85.8 Å². The van der Waals surface area contributed by atoms with Gasteiger partial charge in [-0.15, -0.1) is 0 Å². The van der Waals surface area contributed by atoms with Crippen LogP contribution in [-0.2, 0) is 4.74 Å². The summed E-state index contributed by atoms with van der Waals surface area (Å²) in [6, 6.07) is 16.8. The van der Waals surface area contributed by atoms with Gasteiger partial charge in [0.25, 0.3) is 5.91 Å². The summed E-state index contributed by atoms with van der Waals surface area (Å²) >= 11 is 0. The number of ether oxygens (including phenoxy) is 3. The predicted octanol–water partition coefficient (Wildman–Crippen LogP) is 3.76. The molecule has 32 heavy (non-hydrogen) atoms. The minimum Gasteiger partial charge on any atom is -0.496 e. The number of nitrogens with zero attached hydrogens (tertiary/aromatic N) is 3. The van der Waals surface area contributed by atoms with Crippen LogP contribution in [0, 0.1) is 6.92 Å². The lowest BCUT2D eigenvalue weighted by Crippen LogP contribution is -2.42. The van der Waals surface area contributed by atoms with Crippen LogP contribution in [0.4, 0.5) is 11.6 Å². The quantitative estimate of drug-likeness (QED) is 0.632. The van der Waals surface area contributed by atoms with E-state index in [9.17, 15) is 4.79 Å². The molecule has 1 N–H and O–H groups in total. The van der Waals surface area contributed by atoms with E-state index in [2.05, 4.69) is 10.3 Å². The van der Waals surface area contributed by atoms with E-state index in [0.29, 0.717) is 42.6 Å². The number of methoxy groups -OCH3 is 2. The number of rotatable bonds is 6. The van der Waals surface area contributed by atoms with Crippen molar-refractivity contribution in [2.45, 2.75) is 13.0 Å². The molecule has 0 unspecified atom stereocenters. The van der Waals surface area contributed by atoms with Crippen LogP contribution in [-0.4, -0.2) is 54.7 Å². The molecule has 0 bridgehead atoms. The Morgan fingerprint density at radius 3 is 2.34 bits per heavy atom. The number of pyridine rings is 2. The normalized spacial score (nSPS) is 15.8. The summed E-state index contributed by atoms with van der Waals surface area (Å²) in [6.07, 6.45) is -0.347. The monoisotopic (exact) mass is 434 g/mol. The van der Waals surface area contributed by atoms with E-state index in [4.69, 9.17) is 19.2 Å². The van der Waals surface area contributed by atoms with Gasteiger partial charge >= 0.3 is 0 Å². The summed E-state index contributed by atoms with van der Waals surface area (Å²) in [7, 11) is 3.08. The molecule has 1 saturated heterocycles. The van der Waals surface area contributed by atoms with E-state index in [0.717, 1.165) is 17.2 Å². The number of amides is 1. The van der Waals surface area contributed by atoms with Gasteiger partial charge in [0.15, 0.2) is 0 Å². The second kappa shape index (κ2) is 9.65. The summed E-state index contributed by atoms with van der Waals surface area (Å²) < 4.78 is 16.8. The van der Waals surface area contributed by atoms with Crippen molar-refractivity contribution in [2.24, 2.45) is 0 Å². The first-order valence-corrected chi connectivity index (χ1v) is 10.4. The molecule has 1 aromatic carbocycles. The van der Waals surface area contributed by atoms with Gasteiger partial charge in [0.1, 0.15) is 34.8 Å². The van der Waals surface area contributed by atoms with E-state index >= 15 is 0 Å². The third kappa shape index (κ3) is 4.65. The maximum absolute atomic E-state index is 13.3. The number of hydrogen-bond acceptors (Lipinski definition) is 7. The molecule has 4 rings (SSSR count). The highest BCUT2D eigenvalue weighted by Gasteiger charge is 2.30. The van der Waals surface area contributed by atoms with E-state index < -0.39 is 0 Å². The highest BCUT2D eigenvalue weighted by molar-refractivity contribution is 5.99. The molecule has 1 fully saturated rings. The van der Waals surface area contributed by atoms with Crippen LogP contribution < -0.4 is 14.8 Å². The zero-order valence-corrected chi connectivity index (χ0v) is 18.4. The van der Waals surface area contributed by atoms with Gasteiger partial charge in [-0.25, -0.2) is 9.97 Å². The van der Waals surface area contributed by atoms with Gasteiger partial charge in [-0.1, -0.05) is 18.2 Å². The summed E-state index contributed by atoms with van der Waals surface area (Å²) in [6.45, 7) is 3.20. The van der Waals surface area contributed by atoms with Crippen LogP contribution in [0.25, 0.3) is 0 Å². The van der Waals surface area contributed by atoms with Gasteiger partial charge in [0.05, 0.1) is 33.1 Å². The Labute approximate surface area is 187 Å². The zero-order chi connectivity index (χ0) is 22.5. The Morgan fingerprint density at radius 2 is 1.66 bits per heavy atom. The van der Waals surface area contributed by atoms with Crippen molar-refractivity contribution < 1.29 is 19.0 Å². The van der Waals surface area contributed by atoms with Crippen molar-refractivity contribution in [3.05, 3.63) is 71.5 Å². The molecule has 0 aliphatic carbocycles. The average molecular weight is 434 g/mol. The first-order chi connectivity index (χ1) is 15.6. The molecule has 1 amide bonds. The Kier molecular flexibility index (Phi) is 6.51. The number of anilines is 2. The number of carbonyl (C=O) groups is 1. The first kappa shape index (κ1) is 21.6. The van der Waals surface area contributed by atoms with Gasteiger partial charge in [0, 0.05) is 12.2 Å². The minimum absolute atomic E-state index is 0.161. The van der Waals surface area contributed by atoms with E-state index in [1.54, 1.807) is 37.3 Å². The molecule has 1 aliphatic heterocycles. The number of benzene rings is 1. The maximum atomic E-state index is 13.3. The lowest BCUT2D eigenvalue weighted by Gasteiger charge is -2.33. The Morgan fingerprint density at radius 1 is 1.00 bits per heavy atom. The molecular formula is C24H26N4O4. The average Bonchev–Trinajstić information content (AvgIpc) is 2.83. The fourth-order valence-corrected chi connectivity index (χ4v) is 3.68. The minimum atomic E-state index is -0.347. The number of nitrogens with one attached hydrogen (secondary N) is 1. The van der Waals surface area contributed by atoms with Gasteiger partial charge < -0.3 is 24.4 Å². The Balaban J connectivity index is 1.53. The zero-order valence-electron chi connectivity index (χ0n) is 18.4. The van der Waals surface area contributed by atoms with Gasteiger partial charge in [0.2, 0.25) is 0 Å². The summed E-state index contributed by atoms with van der Waals surface area (Å²) in [4.78, 5) is 24.2. The molecule has 8 nitrogen and oxygen atoms in total. The van der Waals surface area contributed by atoms with Gasteiger partial charge in [-0.3, -0.25) is 4.79 Å². The third-order valence-corrected chi connectivity index (χ3v) is 5.24. The van der Waals surface area contributed by atoms with Crippen LogP contribution in [0.2, 0.25) is 0 Å². The van der Waals surface area contributed by atoms with Crippen molar-refractivity contribution in [3.63, 3.8) is 0 Å². The summed E-state index contributed by atoms with van der Waals surface area (Å²) in [5.41, 5.74) is 2.07. The highest BCUT2D eigenvalue weighted by atomic mass is 16.5. The number of carbonyl (C=O) groups excluding carboxylic acids is 1. The van der Waals surface area contributed by atoms with Crippen molar-refractivity contribution in [1.29, 1.82) is 0 Å². The third-order valence-electron chi connectivity index (χ3n) is 5.24. The molecule has 1 atom stereocenters. The lowest BCUT2D eigenvalue weighted by atomic mass is 10.1. The van der Waals surface area contributed by atoms with E-state index in [1.807, 2.05) is 43.3 Å². The molecule has 8 heteroatoms. The van der Waals surface area contributed by atoms with Crippen LogP contribution in [0.1, 0.15) is 27.8 Å². The molecule has 1 aliphatic rings. The van der Waals surface area contributed by atoms with Crippen LogP contribution in [0.5, 0.6) is 11.5 Å². The molecule has 0 spiro atoms. The van der Waals surface area contributed by atoms with Crippen molar-refractivity contribution in [1.82, 2.24) is 14.9 Å². The molecule has 0 saturated carbocycles. The molecule has 3 aromatic rings.